The largest absolute Gasteiger partial charge is 0.454 e. The Hall–Kier alpha value is -4.01. The van der Waals surface area contributed by atoms with E-state index in [1.807, 2.05) is 36.6 Å². The highest BCUT2D eigenvalue weighted by Crippen LogP contribution is 2.33. The van der Waals surface area contributed by atoms with E-state index in [0.717, 1.165) is 35.2 Å². The number of hydrogen-bond donors (Lipinski definition) is 0. The smallest absolute Gasteiger partial charge is 0.416 e. The zero-order valence-electron chi connectivity index (χ0n) is 19.0. The molecule has 0 fully saturated rings. The van der Waals surface area contributed by atoms with Crippen molar-refractivity contribution >= 4 is 17.8 Å². The number of carbonyl (C=O) groups is 2. The molecule has 0 unspecified atom stereocenters. The number of aryl methyl sites for hydroxylation is 1. The molecule has 1 aromatic heterocycles. The molecule has 182 valence electrons. The lowest BCUT2D eigenvalue weighted by Gasteiger charge is -2.11. The Labute approximate surface area is 199 Å². The molecule has 4 rings (SSSR count). The summed E-state index contributed by atoms with van der Waals surface area (Å²) in [7, 11) is 0. The normalized spacial score (nSPS) is 12.8. The van der Waals surface area contributed by atoms with Crippen LogP contribution in [0.15, 0.2) is 54.6 Å². The molecule has 2 heterocycles. The van der Waals surface area contributed by atoms with Crippen LogP contribution in [0.4, 0.5) is 13.2 Å². The second-order valence-electron chi connectivity index (χ2n) is 8.05. The zero-order chi connectivity index (χ0) is 25.2. The van der Waals surface area contributed by atoms with Crippen molar-refractivity contribution in [3.63, 3.8) is 0 Å². The Bertz CT molecular complexity index is 1310. The van der Waals surface area contributed by atoms with Gasteiger partial charge in [-0.3, -0.25) is 4.79 Å². The van der Waals surface area contributed by atoms with Crippen LogP contribution >= 0.6 is 0 Å². The Morgan fingerprint density at radius 2 is 1.83 bits per heavy atom. The molecule has 2 aromatic carbocycles. The van der Waals surface area contributed by atoms with E-state index in [2.05, 4.69) is 0 Å². The summed E-state index contributed by atoms with van der Waals surface area (Å²) in [5.41, 5.74) is 2.36. The number of ketones is 1. The third kappa shape index (κ3) is 5.56. The molecule has 0 saturated heterocycles. The van der Waals surface area contributed by atoms with Gasteiger partial charge in [0, 0.05) is 29.6 Å². The highest BCUT2D eigenvalue weighted by atomic mass is 19.4. The van der Waals surface area contributed by atoms with Gasteiger partial charge in [0.15, 0.2) is 18.1 Å². The lowest BCUT2D eigenvalue weighted by atomic mass is 10.1. The number of ether oxygens (including phenoxy) is 3. The number of esters is 1. The predicted molar refractivity (Wildman–Crippen MR) is 121 cm³/mol. The minimum atomic E-state index is -4.48. The predicted octanol–water partition coefficient (Wildman–Crippen LogP) is 5.34. The fourth-order valence-corrected chi connectivity index (χ4v) is 3.79. The summed E-state index contributed by atoms with van der Waals surface area (Å²) in [6.07, 6.45) is -2.28. The third-order valence-corrected chi connectivity index (χ3v) is 5.62. The summed E-state index contributed by atoms with van der Waals surface area (Å²) in [5.74, 6) is 0.154. The molecule has 0 aliphatic carbocycles. The molecule has 0 N–H and O–H groups in total. The second-order valence-corrected chi connectivity index (χ2v) is 8.05. The first kappa shape index (κ1) is 24.1. The van der Waals surface area contributed by atoms with Gasteiger partial charge in [0.2, 0.25) is 12.6 Å². The van der Waals surface area contributed by atoms with Crippen LogP contribution in [-0.2, 0) is 22.3 Å². The molecule has 1 aliphatic heterocycles. The molecule has 0 amide bonds. The standard InChI is InChI=1S/C26H22F3NO5/c1-16-10-21(17(2)30(16)13-19-6-8-23-24(12-19)35-15-34-23)22(31)14-33-25(32)9-7-18-4-3-5-20(11-18)26(27,28)29/h3-12H,13-15H2,1-2H3/b9-7+. The number of aromatic nitrogens is 1. The van der Waals surface area contributed by atoms with Crippen molar-refractivity contribution in [3.8, 4) is 11.5 Å². The van der Waals surface area contributed by atoms with Gasteiger partial charge in [0.1, 0.15) is 0 Å². The first-order valence-corrected chi connectivity index (χ1v) is 10.7. The lowest BCUT2D eigenvalue weighted by Crippen LogP contribution is -2.14. The van der Waals surface area contributed by atoms with Gasteiger partial charge in [0.25, 0.3) is 0 Å². The average Bonchev–Trinajstić information content (AvgIpc) is 3.40. The van der Waals surface area contributed by atoms with Gasteiger partial charge in [0.05, 0.1) is 5.56 Å². The highest BCUT2D eigenvalue weighted by molar-refractivity contribution is 6.00. The molecule has 1 aliphatic rings. The number of alkyl halides is 3. The number of hydrogen-bond acceptors (Lipinski definition) is 5. The fraction of sp³-hybridized carbons (Fsp3) is 0.231. The van der Waals surface area contributed by atoms with Crippen molar-refractivity contribution in [1.82, 2.24) is 4.57 Å². The lowest BCUT2D eigenvalue weighted by molar-refractivity contribution is -0.138. The van der Waals surface area contributed by atoms with Gasteiger partial charge < -0.3 is 18.8 Å². The van der Waals surface area contributed by atoms with Gasteiger partial charge >= 0.3 is 12.1 Å². The number of carbonyl (C=O) groups excluding carboxylic acids is 2. The van der Waals surface area contributed by atoms with Crippen molar-refractivity contribution < 1.29 is 37.0 Å². The molecular weight excluding hydrogens is 463 g/mol. The van der Waals surface area contributed by atoms with Gasteiger partial charge in [-0.05, 0) is 61.4 Å². The monoisotopic (exact) mass is 485 g/mol. The van der Waals surface area contributed by atoms with Crippen molar-refractivity contribution in [2.45, 2.75) is 26.6 Å². The number of fused-ring (bicyclic) bond motifs is 1. The maximum absolute atomic E-state index is 12.8. The Morgan fingerprint density at radius 1 is 1.06 bits per heavy atom. The van der Waals surface area contributed by atoms with Crippen LogP contribution in [0.25, 0.3) is 6.08 Å². The van der Waals surface area contributed by atoms with Crippen molar-refractivity contribution in [3.05, 3.63) is 88.2 Å². The number of halogens is 3. The van der Waals surface area contributed by atoms with E-state index < -0.39 is 24.3 Å². The molecule has 6 nitrogen and oxygen atoms in total. The summed E-state index contributed by atoms with van der Waals surface area (Å²) in [5, 5.41) is 0. The van der Waals surface area contributed by atoms with E-state index >= 15 is 0 Å². The molecule has 0 spiro atoms. The van der Waals surface area contributed by atoms with Gasteiger partial charge in [-0.15, -0.1) is 0 Å². The summed E-state index contributed by atoms with van der Waals surface area (Å²) < 4.78 is 56.2. The molecule has 0 bridgehead atoms. The van der Waals surface area contributed by atoms with Crippen LogP contribution in [0.2, 0.25) is 0 Å². The summed E-state index contributed by atoms with van der Waals surface area (Å²) in [4.78, 5) is 24.7. The Kier molecular flexibility index (Phi) is 6.68. The first-order chi connectivity index (χ1) is 16.6. The highest BCUT2D eigenvalue weighted by Gasteiger charge is 2.30. The fourth-order valence-electron chi connectivity index (χ4n) is 3.79. The maximum Gasteiger partial charge on any atom is 0.416 e. The van der Waals surface area contributed by atoms with E-state index in [1.165, 1.54) is 18.2 Å². The number of nitrogens with zero attached hydrogens (tertiary/aromatic N) is 1. The van der Waals surface area contributed by atoms with Gasteiger partial charge in [-0.2, -0.15) is 13.2 Å². The van der Waals surface area contributed by atoms with E-state index in [0.29, 0.717) is 23.6 Å². The van der Waals surface area contributed by atoms with E-state index in [1.54, 1.807) is 6.07 Å². The summed E-state index contributed by atoms with van der Waals surface area (Å²) in [6, 6.07) is 11.9. The Balaban J connectivity index is 1.38. The van der Waals surface area contributed by atoms with Crippen LogP contribution in [-0.4, -0.2) is 29.7 Å². The molecule has 9 heteroatoms. The molecule has 35 heavy (non-hydrogen) atoms. The minimum absolute atomic E-state index is 0.187. The molecule has 0 atom stereocenters. The number of Topliss-reactive ketones (excluding diaryl/α,β-unsaturated/α-hetero) is 1. The van der Waals surface area contributed by atoms with Crippen LogP contribution in [0.1, 0.15) is 38.4 Å². The molecule has 0 radical (unpaired) electrons. The Morgan fingerprint density at radius 3 is 2.60 bits per heavy atom. The van der Waals surface area contributed by atoms with E-state index in [4.69, 9.17) is 14.2 Å². The SMILES string of the molecule is Cc1cc(C(=O)COC(=O)/C=C/c2cccc(C(F)(F)F)c2)c(C)n1Cc1ccc2c(c1)OCO2. The van der Waals surface area contributed by atoms with Crippen LogP contribution in [0.5, 0.6) is 11.5 Å². The van der Waals surface area contributed by atoms with Crippen LogP contribution in [0.3, 0.4) is 0 Å². The van der Waals surface area contributed by atoms with E-state index in [9.17, 15) is 22.8 Å². The van der Waals surface area contributed by atoms with Gasteiger partial charge in [-0.1, -0.05) is 18.2 Å². The van der Waals surface area contributed by atoms with Crippen molar-refractivity contribution in [1.29, 1.82) is 0 Å². The number of benzene rings is 2. The molecule has 0 saturated carbocycles. The number of rotatable bonds is 7. The minimum Gasteiger partial charge on any atom is -0.454 e. The van der Waals surface area contributed by atoms with E-state index in [-0.39, 0.29) is 18.1 Å². The average molecular weight is 485 g/mol. The second kappa shape index (κ2) is 9.69. The molecular formula is C26H22F3NO5. The van der Waals surface area contributed by atoms with Crippen LogP contribution < -0.4 is 9.47 Å². The molecule has 3 aromatic rings. The van der Waals surface area contributed by atoms with Crippen LogP contribution in [0, 0.1) is 13.8 Å². The first-order valence-electron chi connectivity index (χ1n) is 10.7. The van der Waals surface area contributed by atoms with Gasteiger partial charge in [-0.25, -0.2) is 4.79 Å². The third-order valence-electron chi connectivity index (χ3n) is 5.62. The van der Waals surface area contributed by atoms with Crippen molar-refractivity contribution in [2.75, 3.05) is 13.4 Å². The summed E-state index contributed by atoms with van der Waals surface area (Å²) >= 11 is 0. The maximum atomic E-state index is 12.8. The summed E-state index contributed by atoms with van der Waals surface area (Å²) in [6.45, 7) is 3.90. The quantitative estimate of drug-likeness (QED) is 0.257. The zero-order valence-corrected chi connectivity index (χ0v) is 19.0. The van der Waals surface area contributed by atoms with Crippen molar-refractivity contribution in [2.24, 2.45) is 0 Å². The topological polar surface area (TPSA) is 66.8 Å².